The molecule has 0 saturated heterocycles. The highest BCUT2D eigenvalue weighted by atomic mass is 79.9. The van der Waals surface area contributed by atoms with Crippen LogP contribution in [-0.4, -0.2) is 22.2 Å². The van der Waals surface area contributed by atoms with Crippen LogP contribution in [0.3, 0.4) is 0 Å². The predicted octanol–water partition coefficient (Wildman–Crippen LogP) is 3.54. The van der Waals surface area contributed by atoms with Gasteiger partial charge in [-0.1, -0.05) is 34.0 Å². The molecule has 1 N–H and O–H groups in total. The number of hydrogen-bond acceptors (Lipinski definition) is 3. The van der Waals surface area contributed by atoms with E-state index in [1.807, 2.05) is 0 Å². The Hall–Kier alpha value is -1.14. The van der Waals surface area contributed by atoms with Gasteiger partial charge in [0.15, 0.2) is 0 Å². The average molecular weight is 362 g/mol. The molecule has 1 aliphatic carbocycles. The molecular formula is C13H14BrClN2O3. The number of carbonyl (C=O) groups is 1. The van der Waals surface area contributed by atoms with E-state index in [2.05, 4.69) is 21.2 Å². The van der Waals surface area contributed by atoms with Crippen LogP contribution in [0.15, 0.2) is 18.2 Å². The van der Waals surface area contributed by atoms with E-state index in [-0.39, 0.29) is 17.3 Å². The molecule has 1 aromatic rings. The second-order valence-electron chi connectivity index (χ2n) is 4.84. The van der Waals surface area contributed by atoms with Crippen molar-refractivity contribution in [2.75, 3.05) is 5.33 Å². The van der Waals surface area contributed by atoms with E-state index < -0.39 is 10.8 Å². The Morgan fingerprint density at radius 2 is 2.25 bits per heavy atom. The lowest BCUT2D eigenvalue weighted by molar-refractivity contribution is -0.385. The van der Waals surface area contributed by atoms with Crippen LogP contribution in [0.5, 0.6) is 0 Å². The lowest BCUT2D eigenvalue weighted by Gasteiger charge is -2.19. The van der Waals surface area contributed by atoms with Crippen molar-refractivity contribution < 1.29 is 9.72 Å². The van der Waals surface area contributed by atoms with Gasteiger partial charge in [-0.15, -0.1) is 0 Å². The van der Waals surface area contributed by atoms with Crippen LogP contribution in [0, 0.1) is 16.0 Å². The van der Waals surface area contributed by atoms with Gasteiger partial charge in [0.25, 0.3) is 11.6 Å². The molecule has 1 fully saturated rings. The minimum Gasteiger partial charge on any atom is -0.349 e. The van der Waals surface area contributed by atoms with Crippen LogP contribution in [0.25, 0.3) is 0 Å². The van der Waals surface area contributed by atoms with Crippen molar-refractivity contribution in [3.05, 3.63) is 38.9 Å². The van der Waals surface area contributed by atoms with E-state index in [1.165, 1.54) is 18.2 Å². The number of nitro benzene ring substituents is 1. The topological polar surface area (TPSA) is 72.2 Å². The summed E-state index contributed by atoms with van der Waals surface area (Å²) in [6.45, 7) is 0. The highest BCUT2D eigenvalue weighted by Crippen LogP contribution is 2.28. The second-order valence-corrected chi connectivity index (χ2v) is 5.93. The number of rotatable bonds is 4. The van der Waals surface area contributed by atoms with Gasteiger partial charge < -0.3 is 5.32 Å². The third-order valence-corrected chi connectivity index (χ3v) is 4.64. The average Bonchev–Trinajstić information content (AvgIpc) is 2.85. The van der Waals surface area contributed by atoms with E-state index in [9.17, 15) is 14.9 Å². The maximum absolute atomic E-state index is 12.3. The zero-order valence-electron chi connectivity index (χ0n) is 10.6. The first-order chi connectivity index (χ1) is 9.52. The Morgan fingerprint density at radius 3 is 2.90 bits per heavy atom. The maximum atomic E-state index is 12.3. The standard InChI is InChI=1S/C13H14BrClN2O3/c14-7-8-2-1-3-11(8)16-13(18)10-6-9(15)4-5-12(10)17(19)20/h4-6,8,11H,1-3,7H2,(H,16,18). The van der Waals surface area contributed by atoms with Crippen LogP contribution in [0.4, 0.5) is 5.69 Å². The molecule has 0 radical (unpaired) electrons. The molecule has 2 rings (SSSR count). The number of alkyl halides is 1. The summed E-state index contributed by atoms with van der Waals surface area (Å²) in [5, 5.41) is 15.0. The number of benzene rings is 1. The van der Waals surface area contributed by atoms with Gasteiger partial charge in [0.2, 0.25) is 0 Å². The van der Waals surface area contributed by atoms with Gasteiger partial charge in [0.1, 0.15) is 5.56 Å². The fourth-order valence-electron chi connectivity index (χ4n) is 2.51. The van der Waals surface area contributed by atoms with Gasteiger partial charge in [-0.3, -0.25) is 14.9 Å². The van der Waals surface area contributed by atoms with Crippen molar-refractivity contribution in [3.8, 4) is 0 Å². The van der Waals surface area contributed by atoms with Gasteiger partial charge in [-0.05, 0) is 30.9 Å². The third kappa shape index (κ3) is 3.30. The van der Waals surface area contributed by atoms with E-state index in [1.54, 1.807) is 0 Å². The number of nitro groups is 1. The van der Waals surface area contributed by atoms with Crippen molar-refractivity contribution in [3.63, 3.8) is 0 Å². The fourth-order valence-corrected chi connectivity index (χ4v) is 3.45. The molecule has 20 heavy (non-hydrogen) atoms. The fraction of sp³-hybridized carbons (Fsp3) is 0.462. The van der Waals surface area contributed by atoms with Crippen molar-refractivity contribution in [2.24, 2.45) is 5.92 Å². The minimum atomic E-state index is -0.568. The van der Waals surface area contributed by atoms with Crippen molar-refractivity contribution in [1.82, 2.24) is 5.32 Å². The molecule has 1 saturated carbocycles. The molecule has 2 atom stereocenters. The Kier molecular flexibility index (Phi) is 4.99. The number of halogens is 2. The molecule has 7 heteroatoms. The Labute approximate surface area is 130 Å². The molecule has 0 bridgehead atoms. The van der Waals surface area contributed by atoms with Crippen molar-refractivity contribution in [2.45, 2.75) is 25.3 Å². The van der Waals surface area contributed by atoms with Crippen molar-refractivity contribution in [1.29, 1.82) is 0 Å². The summed E-state index contributed by atoms with van der Waals surface area (Å²) in [6.07, 6.45) is 3.00. The molecule has 0 aromatic heterocycles. The third-order valence-electron chi connectivity index (χ3n) is 3.57. The van der Waals surface area contributed by atoms with Crippen LogP contribution in [0.1, 0.15) is 29.6 Å². The van der Waals surface area contributed by atoms with E-state index in [4.69, 9.17) is 11.6 Å². The Morgan fingerprint density at radius 1 is 1.50 bits per heavy atom. The molecule has 0 spiro atoms. The van der Waals surface area contributed by atoms with Gasteiger partial charge in [0, 0.05) is 22.5 Å². The number of carbonyl (C=O) groups excluding carboxylic acids is 1. The van der Waals surface area contributed by atoms with Gasteiger partial charge >= 0.3 is 0 Å². The summed E-state index contributed by atoms with van der Waals surface area (Å²) in [5.74, 6) is -0.0609. The zero-order chi connectivity index (χ0) is 14.7. The van der Waals surface area contributed by atoms with Crippen LogP contribution < -0.4 is 5.32 Å². The van der Waals surface area contributed by atoms with Crippen LogP contribution in [0.2, 0.25) is 5.02 Å². The molecule has 5 nitrogen and oxygen atoms in total. The Balaban J connectivity index is 2.20. The highest BCUT2D eigenvalue weighted by Gasteiger charge is 2.29. The smallest absolute Gasteiger partial charge is 0.282 e. The number of hydrogen-bond donors (Lipinski definition) is 1. The first-order valence-electron chi connectivity index (χ1n) is 6.33. The molecule has 0 heterocycles. The summed E-state index contributed by atoms with van der Waals surface area (Å²) < 4.78 is 0. The molecule has 0 aliphatic heterocycles. The number of nitrogens with zero attached hydrogens (tertiary/aromatic N) is 1. The first kappa shape index (κ1) is 15.3. The van der Waals surface area contributed by atoms with Gasteiger partial charge in [-0.2, -0.15) is 0 Å². The molecule has 1 aliphatic rings. The lowest BCUT2D eigenvalue weighted by Crippen LogP contribution is -2.38. The summed E-state index contributed by atoms with van der Waals surface area (Å²) in [4.78, 5) is 22.7. The van der Waals surface area contributed by atoms with Crippen molar-refractivity contribution >= 4 is 39.1 Å². The SMILES string of the molecule is O=C(NC1CCCC1CBr)c1cc(Cl)ccc1[N+](=O)[O-]. The second kappa shape index (κ2) is 6.54. The summed E-state index contributed by atoms with van der Waals surface area (Å²) in [7, 11) is 0. The maximum Gasteiger partial charge on any atom is 0.282 e. The van der Waals surface area contributed by atoms with Crippen LogP contribution >= 0.6 is 27.5 Å². The summed E-state index contributed by atoms with van der Waals surface area (Å²) in [5.41, 5.74) is -0.206. The quantitative estimate of drug-likeness (QED) is 0.506. The first-order valence-corrected chi connectivity index (χ1v) is 7.83. The highest BCUT2D eigenvalue weighted by molar-refractivity contribution is 9.09. The Bertz CT molecular complexity index is 538. The monoisotopic (exact) mass is 360 g/mol. The minimum absolute atomic E-state index is 0.0164. The summed E-state index contributed by atoms with van der Waals surface area (Å²) in [6, 6.07) is 4.06. The van der Waals surface area contributed by atoms with Gasteiger partial charge in [0.05, 0.1) is 4.92 Å². The zero-order valence-corrected chi connectivity index (χ0v) is 13.0. The van der Waals surface area contributed by atoms with Crippen LogP contribution in [-0.2, 0) is 0 Å². The molecule has 1 amide bonds. The predicted molar refractivity (Wildman–Crippen MR) is 80.5 cm³/mol. The summed E-state index contributed by atoms with van der Waals surface area (Å²) >= 11 is 9.26. The van der Waals surface area contributed by atoms with Gasteiger partial charge in [-0.25, -0.2) is 0 Å². The largest absolute Gasteiger partial charge is 0.349 e. The molecular weight excluding hydrogens is 348 g/mol. The molecule has 2 unspecified atom stereocenters. The van der Waals surface area contributed by atoms with E-state index in [0.29, 0.717) is 10.9 Å². The lowest BCUT2D eigenvalue weighted by atomic mass is 10.1. The normalized spacial score (nSPS) is 21.7. The van der Waals surface area contributed by atoms with E-state index >= 15 is 0 Å². The number of amides is 1. The molecule has 108 valence electrons. The van der Waals surface area contributed by atoms with E-state index in [0.717, 1.165) is 24.6 Å². The molecule has 1 aromatic carbocycles. The number of nitrogens with one attached hydrogen (secondary N) is 1.